The van der Waals surface area contributed by atoms with Crippen LogP contribution in [0, 0.1) is 0 Å². The van der Waals surface area contributed by atoms with Gasteiger partial charge in [0, 0.05) is 21.8 Å². The van der Waals surface area contributed by atoms with Gasteiger partial charge in [-0.05, 0) is 31.2 Å². The maximum Gasteiger partial charge on any atom is 0.237 e. The molecule has 1 aromatic heterocycles. The highest BCUT2D eigenvalue weighted by Crippen LogP contribution is 2.34. The second kappa shape index (κ2) is 7.61. The number of fused-ring (bicyclic) bond motifs is 1. The van der Waals surface area contributed by atoms with E-state index in [1.165, 1.54) is 11.8 Å². The zero-order chi connectivity index (χ0) is 18.8. The molecule has 0 radical (unpaired) electrons. The predicted octanol–water partition coefficient (Wildman–Crippen LogP) is 4.08. The highest BCUT2D eigenvalue weighted by Gasteiger charge is 2.19. The molecule has 0 fully saturated rings. The number of anilines is 1. The Morgan fingerprint density at radius 2 is 2.00 bits per heavy atom. The smallest absolute Gasteiger partial charge is 0.237 e. The highest BCUT2D eigenvalue weighted by molar-refractivity contribution is 9.10. The second-order valence-corrected chi connectivity index (χ2v) is 8.01. The molecule has 138 valence electrons. The van der Waals surface area contributed by atoms with Gasteiger partial charge in [0.15, 0.2) is 17.3 Å². The van der Waals surface area contributed by atoms with E-state index in [0.29, 0.717) is 28.2 Å². The standard InChI is InChI=1S/C18H15BrN4O3S/c1-10(17(24)20-13-6-7-14-15(8-13)26-9-25-14)27-18-21-16(22-23-18)11-2-4-12(19)5-3-11/h2-8,10H,9H2,1H3,(H,20,24)(H,21,22,23). The molecular formula is C18H15BrN4O3S. The van der Waals surface area contributed by atoms with Crippen molar-refractivity contribution in [2.24, 2.45) is 0 Å². The van der Waals surface area contributed by atoms with Crippen LogP contribution in [-0.4, -0.2) is 33.1 Å². The van der Waals surface area contributed by atoms with Crippen molar-refractivity contribution in [3.05, 3.63) is 46.9 Å². The highest BCUT2D eigenvalue weighted by atomic mass is 79.9. The fraction of sp³-hybridized carbons (Fsp3) is 0.167. The third-order valence-electron chi connectivity index (χ3n) is 3.87. The summed E-state index contributed by atoms with van der Waals surface area (Å²) in [5.74, 6) is 1.82. The monoisotopic (exact) mass is 446 g/mol. The van der Waals surface area contributed by atoms with Crippen LogP contribution < -0.4 is 14.8 Å². The van der Waals surface area contributed by atoms with Gasteiger partial charge in [0.2, 0.25) is 17.9 Å². The van der Waals surface area contributed by atoms with Crippen molar-refractivity contribution >= 4 is 39.3 Å². The number of nitrogens with one attached hydrogen (secondary N) is 2. The number of aromatic nitrogens is 3. The Hall–Kier alpha value is -2.52. The first kappa shape index (κ1) is 17.9. The topological polar surface area (TPSA) is 89.1 Å². The number of carbonyl (C=O) groups excluding carboxylic acids is 1. The normalized spacial score (nSPS) is 13.4. The summed E-state index contributed by atoms with van der Waals surface area (Å²) < 4.78 is 11.6. The molecule has 1 atom stereocenters. The number of amides is 1. The SMILES string of the molecule is CC(Sc1n[nH]c(-c2ccc(Br)cc2)n1)C(=O)Nc1ccc2c(c1)OCO2. The van der Waals surface area contributed by atoms with Crippen LogP contribution in [-0.2, 0) is 4.79 Å². The molecule has 1 aliphatic heterocycles. The summed E-state index contributed by atoms with van der Waals surface area (Å²) in [6.07, 6.45) is 0. The van der Waals surface area contributed by atoms with Crippen LogP contribution in [0.2, 0.25) is 0 Å². The van der Waals surface area contributed by atoms with Gasteiger partial charge < -0.3 is 14.8 Å². The number of thioether (sulfide) groups is 1. The van der Waals surface area contributed by atoms with Crippen LogP contribution >= 0.6 is 27.7 Å². The van der Waals surface area contributed by atoms with Gasteiger partial charge in [0.1, 0.15) is 0 Å². The molecule has 7 nitrogen and oxygen atoms in total. The number of nitrogens with zero attached hydrogens (tertiary/aromatic N) is 2. The second-order valence-electron chi connectivity index (χ2n) is 5.79. The number of carbonyl (C=O) groups is 1. The van der Waals surface area contributed by atoms with Crippen molar-refractivity contribution in [1.82, 2.24) is 15.2 Å². The van der Waals surface area contributed by atoms with Gasteiger partial charge in [-0.2, -0.15) is 0 Å². The molecule has 3 aromatic rings. The van der Waals surface area contributed by atoms with Gasteiger partial charge >= 0.3 is 0 Å². The number of H-pyrrole nitrogens is 1. The molecule has 9 heteroatoms. The molecule has 2 aromatic carbocycles. The van der Waals surface area contributed by atoms with Crippen LogP contribution in [0.1, 0.15) is 6.92 Å². The van der Waals surface area contributed by atoms with E-state index < -0.39 is 0 Å². The number of hydrogen-bond acceptors (Lipinski definition) is 6. The lowest BCUT2D eigenvalue weighted by Crippen LogP contribution is -2.22. The van der Waals surface area contributed by atoms with E-state index in [-0.39, 0.29) is 18.0 Å². The maximum absolute atomic E-state index is 12.5. The lowest BCUT2D eigenvalue weighted by molar-refractivity contribution is -0.115. The quantitative estimate of drug-likeness (QED) is 0.573. The molecule has 27 heavy (non-hydrogen) atoms. The van der Waals surface area contributed by atoms with Gasteiger partial charge in [-0.3, -0.25) is 9.89 Å². The Balaban J connectivity index is 1.39. The fourth-order valence-electron chi connectivity index (χ4n) is 2.47. The van der Waals surface area contributed by atoms with Crippen LogP contribution in [0.25, 0.3) is 11.4 Å². The van der Waals surface area contributed by atoms with E-state index in [0.717, 1.165) is 10.0 Å². The first-order chi connectivity index (χ1) is 13.1. The molecule has 2 heterocycles. The third-order valence-corrected chi connectivity index (χ3v) is 5.36. The van der Waals surface area contributed by atoms with Crippen LogP contribution in [0.5, 0.6) is 11.5 Å². The minimum absolute atomic E-state index is 0.145. The minimum Gasteiger partial charge on any atom is -0.454 e. The summed E-state index contributed by atoms with van der Waals surface area (Å²) in [4.78, 5) is 16.9. The maximum atomic E-state index is 12.5. The van der Waals surface area contributed by atoms with E-state index >= 15 is 0 Å². The average Bonchev–Trinajstić information content (AvgIpc) is 3.31. The third kappa shape index (κ3) is 4.09. The first-order valence-corrected chi connectivity index (χ1v) is 9.81. The summed E-state index contributed by atoms with van der Waals surface area (Å²) >= 11 is 4.69. The molecule has 0 saturated heterocycles. The fourth-order valence-corrected chi connectivity index (χ4v) is 3.45. The largest absolute Gasteiger partial charge is 0.454 e. The number of hydrogen-bond donors (Lipinski definition) is 2. The predicted molar refractivity (Wildman–Crippen MR) is 106 cm³/mol. The average molecular weight is 447 g/mol. The Morgan fingerprint density at radius 1 is 1.22 bits per heavy atom. The molecule has 2 N–H and O–H groups in total. The lowest BCUT2D eigenvalue weighted by Gasteiger charge is -2.10. The van der Waals surface area contributed by atoms with Crippen LogP contribution in [0.15, 0.2) is 52.1 Å². The molecule has 1 amide bonds. The molecule has 4 rings (SSSR count). The van der Waals surface area contributed by atoms with Crippen LogP contribution in [0.3, 0.4) is 0 Å². The van der Waals surface area contributed by atoms with Gasteiger partial charge in [0.05, 0.1) is 5.25 Å². The van der Waals surface area contributed by atoms with Gasteiger partial charge in [-0.25, -0.2) is 4.98 Å². The molecular weight excluding hydrogens is 432 g/mol. The van der Waals surface area contributed by atoms with Crippen molar-refractivity contribution in [2.75, 3.05) is 12.1 Å². The molecule has 0 aliphatic carbocycles. The zero-order valence-electron chi connectivity index (χ0n) is 14.2. The molecule has 0 bridgehead atoms. The molecule has 1 unspecified atom stereocenters. The van der Waals surface area contributed by atoms with E-state index in [2.05, 4.69) is 36.4 Å². The summed E-state index contributed by atoms with van der Waals surface area (Å²) in [7, 11) is 0. The number of halogens is 1. The summed E-state index contributed by atoms with van der Waals surface area (Å²) in [5, 5.41) is 10.1. The Bertz CT molecular complexity index is 977. The van der Waals surface area contributed by atoms with Crippen molar-refractivity contribution in [3.63, 3.8) is 0 Å². The number of benzene rings is 2. The Labute approximate surface area is 168 Å². The van der Waals surface area contributed by atoms with Crippen molar-refractivity contribution in [1.29, 1.82) is 0 Å². The van der Waals surface area contributed by atoms with E-state index in [1.54, 1.807) is 18.2 Å². The van der Waals surface area contributed by atoms with Gasteiger partial charge in [-0.15, -0.1) is 5.10 Å². The van der Waals surface area contributed by atoms with E-state index in [9.17, 15) is 4.79 Å². The van der Waals surface area contributed by atoms with Gasteiger partial charge in [-0.1, -0.05) is 39.8 Å². The van der Waals surface area contributed by atoms with Crippen LogP contribution in [0.4, 0.5) is 5.69 Å². The molecule has 0 saturated carbocycles. The van der Waals surface area contributed by atoms with E-state index in [4.69, 9.17) is 9.47 Å². The van der Waals surface area contributed by atoms with Gasteiger partial charge in [0.25, 0.3) is 0 Å². The number of ether oxygens (including phenoxy) is 2. The summed E-state index contributed by atoms with van der Waals surface area (Å²) in [5.41, 5.74) is 1.58. The minimum atomic E-state index is -0.371. The molecule has 0 spiro atoms. The van der Waals surface area contributed by atoms with Crippen molar-refractivity contribution in [3.8, 4) is 22.9 Å². The van der Waals surface area contributed by atoms with Crippen molar-refractivity contribution in [2.45, 2.75) is 17.3 Å². The summed E-state index contributed by atoms with van der Waals surface area (Å²) in [6.45, 7) is 2.01. The van der Waals surface area contributed by atoms with E-state index in [1.807, 2.05) is 31.2 Å². The lowest BCUT2D eigenvalue weighted by atomic mass is 10.2. The Morgan fingerprint density at radius 3 is 2.81 bits per heavy atom. The zero-order valence-corrected chi connectivity index (χ0v) is 16.6. The Kier molecular flexibility index (Phi) is 5.04. The van der Waals surface area contributed by atoms with Crippen molar-refractivity contribution < 1.29 is 14.3 Å². The molecule has 1 aliphatic rings. The summed E-state index contributed by atoms with van der Waals surface area (Å²) in [6, 6.07) is 13.1. The number of aromatic amines is 1. The first-order valence-electron chi connectivity index (χ1n) is 8.14. The number of rotatable bonds is 5.